The van der Waals surface area contributed by atoms with Crippen molar-refractivity contribution in [1.82, 2.24) is 5.32 Å². The molecule has 28 heavy (non-hydrogen) atoms. The second-order valence-electron chi connectivity index (χ2n) is 9.03. The molecule has 1 amide bonds. The molecule has 1 aromatic heterocycles. The van der Waals surface area contributed by atoms with E-state index >= 15 is 0 Å². The van der Waals surface area contributed by atoms with Crippen LogP contribution in [0.4, 0.5) is 10.7 Å². The van der Waals surface area contributed by atoms with Crippen LogP contribution in [0.5, 0.6) is 0 Å². The fourth-order valence-corrected chi connectivity index (χ4v) is 5.74. The number of anilines is 2. The maximum Gasteiger partial charge on any atom is 0.256 e. The second-order valence-corrected chi connectivity index (χ2v) is 10.1. The minimum absolute atomic E-state index is 0.0705. The minimum Gasteiger partial charge on any atom is -0.378 e. The molecule has 4 nitrogen and oxygen atoms in total. The predicted octanol–water partition coefficient (Wildman–Crippen LogP) is 5.21. The summed E-state index contributed by atoms with van der Waals surface area (Å²) >= 11 is 1.80. The number of hydrogen-bond donors (Lipinski definition) is 2. The number of nitrogens with one attached hydrogen (secondary N) is 2. The van der Waals surface area contributed by atoms with Crippen LogP contribution in [0, 0.1) is 11.3 Å². The molecule has 2 N–H and O–H groups in total. The number of carbonyl (C=O) groups is 1. The van der Waals surface area contributed by atoms with Gasteiger partial charge in [0, 0.05) is 24.7 Å². The summed E-state index contributed by atoms with van der Waals surface area (Å²) in [5, 5.41) is 7.81. The molecule has 0 saturated carbocycles. The lowest BCUT2D eigenvalue weighted by Gasteiger charge is -2.36. The van der Waals surface area contributed by atoms with E-state index in [0.717, 1.165) is 34.7 Å². The van der Waals surface area contributed by atoms with Crippen LogP contribution in [0.1, 0.15) is 66.1 Å². The highest BCUT2D eigenvalue weighted by atomic mass is 32.1. The Kier molecular flexibility index (Phi) is 4.90. The van der Waals surface area contributed by atoms with Crippen LogP contribution in [0.2, 0.25) is 0 Å². The Morgan fingerprint density at radius 1 is 1.18 bits per heavy atom. The molecule has 0 fully saturated rings. The van der Waals surface area contributed by atoms with Crippen molar-refractivity contribution in [1.29, 1.82) is 0 Å². The molecule has 4 rings (SSSR count). The average Bonchev–Trinajstić information content (AvgIpc) is 3.06. The maximum absolute atomic E-state index is 13.0. The summed E-state index contributed by atoms with van der Waals surface area (Å²) in [6, 6.07) is 8.36. The van der Waals surface area contributed by atoms with Gasteiger partial charge in [-0.25, -0.2) is 0 Å². The van der Waals surface area contributed by atoms with Gasteiger partial charge in [-0.15, -0.1) is 11.3 Å². The second kappa shape index (κ2) is 7.11. The Morgan fingerprint density at radius 3 is 2.54 bits per heavy atom. The van der Waals surface area contributed by atoms with E-state index in [1.807, 2.05) is 14.1 Å². The minimum atomic E-state index is -0.167. The fraction of sp³-hybridized carbons (Fsp3) is 0.522. The zero-order valence-corrected chi connectivity index (χ0v) is 18.4. The maximum atomic E-state index is 13.0. The van der Waals surface area contributed by atoms with Gasteiger partial charge in [-0.2, -0.15) is 0 Å². The summed E-state index contributed by atoms with van der Waals surface area (Å²) in [4.78, 5) is 16.5. The van der Waals surface area contributed by atoms with Crippen LogP contribution >= 0.6 is 11.3 Å². The molecule has 0 radical (unpaired) electrons. The normalized spacial score (nSPS) is 21.4. The van der Waals surface area contributed by atoms with Crippen molar-refractivity contribution in [2.24, 2.45) is 11.3 Å². The number of carbonyl (C=O) groups excluding carboxylic acids is 1. The van der Waals surface area contributed by atoms with Crippen molar-refractivity contribution in [3.8, 4) is 0 Å². The molecule has 1 aromatic carbocycles. The van der Waals surface area contributed by atoms with Crippen molar-refractivity contribution >= 4 is 27.9 Å². The highest BCUT2D eigenvalue weighted by molar-refractivity contribution is 7.16. The zero-order chi connectivity index (χ0) is 20.1. The lowest BCUT2D eigenvalue weighted by Crippen LogP contribution is -2.38. The summed E-state index contributed by atoms with van der Waals surface area (Å²) in [7, 11) is 4.07. The Labute approximate surface area is 172 Å². The first-order valence-corrected chi connectivity index (χ1v) is 11.1. The lowest BCUT2D eigenvalue weighted by atomic mass is 9.69. The smallest absolute Gasteiger partial charge is 0.256 e. The molecule has 0 spiro atoms. The van der Waals surface area contributed by atoms with Crippen LogP contribution < -0.4 is 15.5 Å². The average molecular weight is 398 g/mol. The standard InChI is InChI=1S/C23H31N3OS/c1-6-23(2,3)15-9-12-17-18(13-15)28-22-19(17)21(27)24-20(25-22)14-7-10-16(11-8-14)26(4)5/h7-8,10-11,15,20,25H,6,9,12-13H2,1-5H3,(H,24,27)/t15-,20-/m0/s1. The molecule has 0 bridgehead atoms. The van der Waals surface area contributed by atoms with Crippen molar-refractivity contribution in [3.05, 3.63) is 45.8 Å². The topological polar surface area (TPSA) is 44.4 Å². The van der Waals surface area contributed by atoms with Gasteiger partial charge in [0.25, 0.3) is 5.91 Å². The number of benzene rings is 1. The first kappa shape index (κ1) is 19.3. The molecule has 1 aliphatic carbocycles. The van der Waals surface area contributed by atoms with Crippen molar-refractivity contribution < 1.29 is 4.79 Å². The molecule has 0 unspecified atom stereocenters. The molecule has 2 atom stereocenters. The van der Waals surface area contributed by atoms with Gasteiger partial charge in [-0.1, -0.05) is 39.3 Å². The molecule has 2 heterocycles. The zero-order valence-electron chi connectivity index (χ0n) is 17.6. The first-order chi connectivity index (χ1) is 13.3. The molecule has 0 saturated heterocycles. The highest BCUT2D eigenvalue weighted by Gasteiger charge is 2.37. The van der Waals surface area contributed by atoms with E-state index in [2.05, 4.69) is 60.6 Å². The van der Waals surface area contributed by atoms with Crippen LogP contribution in [0.3, 0.4) is 0 Å². The van der Waals surface area contributed by atoms with E-state index in [1.165, 1.54) is 23.3 Å². The number of hydrogen-bond acceptors (Lipinski definition) is 4. The predicted molar refractivity (Wildman–Crippen MR) is 119 cm³/mol. The number of fused-ring (bicyclic) bond motifs is 3. The molecular weight excluding hydrogens is 366 g/mol. The third-order valence-corrected chi connectivity index (χ3v) is 7.99. The summed E-state index contributed by atoms with van der Waals surface area (Å²) in [6.07, 6.45) is 4.33. The number of amides is 1. The fourth-order valence-electron chi connectivity index (χ4n) is 4.39. The van der Waals surface area contributed by atoms with E-state index in [4.69, 9.17) is 0 Å². The SMILES string of the molecule is CCC(C)(C)[C@H]1CCc2c(sc3c2C(=O)N[C@H](c2ccc(N(C)C)cc2)N3)C1. The molecule has 5 heteroatoms. The van der Waals surface area contributed by atoms with Crippen LogP contribution in [-0.4, -0.2) is 20.0 Å². The van der Waals surface area contributed by atoms with E-state index in [9.17, 15) is 4.79 Å². The summed E-state index contributed by atoms with van der Waals surface area (Å²) in [5.74, 6) is 0.767. The third-order valence-electron chi connectivity index (χ3n) is 6.80. The largest absolute Gasteiger partial charge is 0.378 e. The van der Waals surface area contributed by atoms with E-state index < -0.39 is 0 Å². The van der Waals surface area contributed by atoms with Gasteiger partial charge < -0.3 is 15.5 Å². The van der Waals surface area contributed by atoms with Crippen LogP contribution in [-0.2, 0) is 12.8 Å². The van der Waals surface area contributed by atoms with Crippen LogP contribution in [0.25, 0.3) is 0 Å². The quantitative estimate of drug-likeness (QED) is 0.744. The van der Waals surface area contributed by atoms with E-state index in [0.29, 0.717) is 11.3 Å². The molecular formula is C23H31N3OS. The van der Waals surface area contributed by atoms with Gasteiger partial charge in [-0.05, 0) is 53.9 Å². The van der Waals surface area contributed by atoms with Crippen molar-refractivity contribution in [2.45, 2.75) is 52.6 Å². The Bertz CT molecular complexity index is 882. The monoisotopic (exact) mass is 397 g/mol. The van der Waals surface area contributed by atoms with Gasteiger partial charge in [0.1, 0.15) is 11.2 Å². The summed E-state index contributed by atoms with van der Waals surface area (Å²) in [6.45, 7) is 7.05. The lowest BCUT2D eigenvalue weighted by molar-refractivity contribution is 0.0934. The summed E-state index contributed by atoms with van der Waals surface area (Å²) < 4.78 is 0. The third kappa shape index (κ3) is 3.30. The number of thiophene rings is 1. The van der Waals surface area contributed by atoms with Gasteiger partial charge in [-0.3, -0.25) is 4.79 Å². The highest BCUT2D eigenvalue weighted by Crippen LogP contribution is 2.46. The van der Waals surface area contributed by atoms with Gasteiger partial charge in [0.15, 0.2) is 0 Å². The van der Waals surface area contributed by atoms with Crippen LogP contribution in [0.15, 0.2) is 24.3 Å². The molecule has 1 aliphatic heterocycles. The number of rotatable bonds is 4. The van der Waals surface area contributed by atoms with E-state index in [1.54, 1.807) is 11.3 Å². The Hall–Kier alpha value is -2.01. The van der Waals surface area contributed by atoms with Gasteiger partial charge >= 0.3 is 0 Å². The Morgan fingerprint density at radius 2 is 1.89 bits per heavy atom. The first-order valence-electron chi connectivity index (χ1n) is 10.3. The van der Waals surface area contributed by atoms with Crippen molar-refractivity contribution in [2.75, 3.05) is 24.3 Å². The number of nitrogens with zero attached hydrogens (tertiary/aromatic N) is 1. The molecule has 150 valence electrons. The van der Waals surface area contributed by atoms with E-state index in [-0.39, 0.29) is 12.1 Å². The molecule has 2 aliphatic rings. The molecule has 2 aromatic rings. The Balaban J connectivity index is 1.59. The summed E-state index contributed by atoms with van der Waals surface area (Å²) in [5.41, 5.74) is 4.78. The van der Waals surface area contributed by atoms with Crippen molar-refractivity contribution in [3.63, 3.8) is 0 Å². The van der Waals surface area contributed by atoms with Gasteiger partial charge in [0.2, 0.25) is 0 Å². The van der Waals surface area contributed by atoms with Gasteiger partial charge in [0.05, 0.1) is 5.56 Å².